The van der Waals surface area contributed by atoms with Crippen LogP contribution in [0.5, 0.6) is 0 Å². The third-order valence-corrected chi connectivity index (χ3v) is 4.64. The molecular formula is C25H50O10. The fourth-order valence-corrected chi connectivity index (χ4v) is 2.72. The summed E-state index contributed by atoms with van der Waals surface area (Å²) in [5.74, 6) is -0.142. The molecule has 0 rings (SSSR count). The summed E-state index contributed by atoms with van der Waals surface area (Å²) >= 11 is 0. The number of rotatable bonds is 30. The first kappa shape index (κ1) is 34.1. The average Bonchev–Trinajstić information content (AvgIpc) is 2.86. The predicted octanol–water partition coefficient (Wildman–Crippen LogP) is 2.65. The van der Waals surface area contributed by atoms with Crippen molar-refractivity contribution in [2.45, 2.75) is 45.4 Å². The number of carbonyl (C=O) groups excluding carboxylic acids is 1. The zero-order valence-electron chi connectivity index (χ0n) is 22.1. The van der Waals surface area contributed by atoms with Crippen LogP contribution in [0.2, 0.25) is 0 Å². The third kappa shape index (κ3) is 31.1. The van der Waals surface area contributed by atoms with Gasteiger partial charge in [0, 0.05) is 13.5 Å². The van der Waals surface area contributed by atoms with E-state index in [9.17, 15) is 4.79 Å². The topological polar surface area (TPSA) is 100 Å². The monoisotopic (exact) mass is 510 g/mol. The van der Waals surface area contributed by atoms with E-state index in [1.807, 2.05) is 0 Å². The van der Waals surface area contributed by atoms with Gasteiger partial charge in [-0.25, -0.2) is 0 Å². The highest BCUT2D eigenvalue weighted by atomic mass is 16.6. The Morgan fingerprint density at radius 3 is 1.17 bits per heavy atom. The van der Waals surface area contributed by atoms with Gasteiger partial charge in [-0.2, -0.15) is 0 Å². The molecule has 10 heteroatoms. The summed E-state index contributed by atoms with van der Waals surface area (Å²) in [5, 5.41) is 0. The quantitative estimate of drug-likeness (QED) is 0.106. The second-order valence-corrected chi connectivity index (χ2v) is 7.66. The lowest BCUT2D eigenvalue weighted by molar-refractivity contribution is -0.145. The molecule has 0 amide bonds. The average molecular weight is 511 g/mol. The van der Waals surface area contributed by atoms with Crippen molar-refractivity contribution in [2.24, 2.45) is 0 Å². The Hall–Kier alpha value is -0.850. The molecule has 35 heavy (non-hydrogen) atoms. The highest BCUT2D eigenvalue weighted by Gasteiger charge is 2.02. The molecule has 10 nitrogen and oxygen atoms in total. The van der Waals surface area contributed by atoms with Gasteiger partial charge in [0.1, 0.15) is 6.61 Å². The Morgan fingerprint density at radius 2 is 0.800 bits per heavy atom. The van der Waals surface area contributed by atoms with Gasteiger partial charge < -0.3 is 42.6 Å². The van der Waals surface area contributed by atoms with Crippen LogP contribution in [0, 0.1) is 0 Å². The highest BCUT2D eigenvalue weighted by molar-refractivity contribution is 5.69. The van der Waals surface area contributed by atoms with E-state index in [-0.39, 0.29) is 5.97 Å². The Labute approximate surface area is 212 Å². The highest BCUT2D eigenvalue weighted by Crippen LogP contribution is 2.05. The van der Waals surface area contributed by atoms with Gasteiger partial charge in [-0.05, 0) is 6.42 Å². The Bertz CT molecular complexity index is 412. The zero-order chi connectivity index (χ0) is 25.5. The molecule has 0 aliphatic carbocycles. The van der Waals surface area contributed by atoms with Gasteiger partial charge in [-0.15, -0.1) is 0 Å². The maximum atomic E-state index is 11.6. The first-order valence-electron chi connectivity index (χ1n) is 13.0. The number of carbonyl (C=O) groups is 1. The molecule has 0 heterocycles. The summed E-state index contributed by atoms with van der Waals surface area (Å²) in [4.78, 5) is 11.6. The SMILES string of the molecule is CCCCCCCC(=O)OCCOCCOCCOCCOCCOCCOCCOCCOC. The van der Waals surface area contributed by atoms with Crippen molar-refractivity contribution in [3.8, 4) is 0 Å². The van der Waals surface area contributed by atoms with E-state index in [1.54, 1.807) is 7.11 Å². The number of unbranched alkanes of at least 4 members (excludes halogenated alkanes) is 4. The number of ether oxygens (including phenoxy) is 9. The number of methoxy groups -OCH3 is 1. The third-order valence-electron chi connectivity index (χ3n) is 4.64. The van der Waals surface area contributed by atoms with Crippen LogP contribution in [0.15, 0.2) is 0 Å². The van der Waals surface area contributed by atoms with Gasteiger partial charge in [0.05, 0.1) is 99.1 Å². The summed E-state index contributed by atoms with van der Waals surface area (Å²) in [7, 11) is 1.64. The molecule has 0 aliphatic rings. The second-order valence-electron chi connectivity index (χ2n) is 7.66. The summed E-state index contributed by atoms with van der Waals surface area (Å²) in [5.41, 5.74) is 0. The van der Waals surface area contributed by atoms with Crippen LogP contribution in [0.25, 0.3) is 0 Å². The molecule has 0 aromatic heterocycles. The smallest absolute Gasteiger partial charge is 0.305 e. The first-order valence-corrected chi connectivity index (χ1v) is 13.0. The summed E-state index contributed by atoms with van der Waals surface area (Å²) < 4.78 is 47.8. The van der Waals surface area contributed by atoms with Crippen LogP contribution in [0.3, 0.4) is 0 Å². The van der Waals surface area contributed by atoms with Crippen LogP contribution in [0.4, 0.5) is 0 Å². The van der Waals surface area contributed by atoms with E-state index in [0.29, 0.717) is 112 Å². The molecule has 0 atom stereocenters. The van der Waals surface area contributed by atoms with E-state index < -0.39 is 0 Å². The number of hydrogen-bond acceptors (Lipinski definition) is 10. The lowest BCUT2D eigenvalue weighted by atomic mass is 10.1. The first-order chi connectivity index (χ1) is 17.3. The van der Waals surface area contributed by atoms with Crippen LogP contribution < -0.4 is 0 Å². The minimum Gasteiger partial charge on any atom is -0.463 e. The fraction of sp³-hybridized carbons (Fsp3) is 0.960. The zero-order valence-corrected chi connectivity index (χ0v) is 22.1. The molecule has 0 fully saturated rings. The van der Waals surface area contributed by atoms with Crippen LogP contribution in [0.1, 0.15) is 45.4 Å². The van der Waals surface area contributed by atoms with Gasteiger partial charge in [0.2, 0.25) is 0 Å². The van der Waals surface area contributed by atoms with Crippen LogP contribution in [-0.2, 0) is 47.4 Å². The van der Waals surface area contributed by atoms with Gasteiger partial charge in [0.15, 0.2) is 0 Å². The van der Waals surface area contributed by atoms with Crippen molar-refractivity contribution in [3.63, 3.8) is 0 Å². The van der Waals surface area contributed by atoms with Gasteiger partial charge in [0.25, 0.3) is 0 Å². The van der Waals surface area contributed by atoms with Crippen molar-refractivity contribution in [2.75, 3.05) is 113 Å². The Balaban J connectivity index is 3.08. The van der Waals surface area contributed by atoms with E-state index in [2.05, 4.69) is 6.92 Å². The molecular weight excluding hydrogens is 460 g/mol. The Morgan fingerprint density at radius 1 is 0.457 bits per heavy atom. The fourth-order valence-electron chi connectivity index (χ4n) is 2.72. The second kappa shape index (κ2) is 31.2. The van der Waals surface area contributed by atoms with E-state index in [4.69, 9.17) is 42.6 Å². The molecule has 0 spiro atoms. The molecule has 0 unspecified atom stereocenters. The molecule has 0 aromatic rings. The van der Waals surface area contributed by atoms with E-state index in [1.165, 1.54) is 19.3 Å². The number of hydrogen-bond donors (Lipinski definition) is 0. The predicted molar refractivity (Wildman–Crippen MR) is 132 cm³/mol. The molecule has 0 radical (unpaired) electrons. The maximum absolute atomic E-state index is 11.6. The largest absolute Gasteiger partial charge is 0.463 e. The van der Waals surface area contributed by atoms with Crippen LogP contribution >= 0.6 is 0 Å². The molecule has 0 aliphatic heterocycles. The van der Waals surface area contributed by atoms with Crippen molar-refractivity contribution < 1.29 is 47.4 Å². The van der Waals surface area contributed by atoms with E-state index in [0.717, 1.165) is 12.8 Å². The minimum absolute atomic E-state index is 0.142. The molecule has 0 N–H and O–H groups in total. The Kier molecular flexibility index (Phi) is 30.4. The van der Waals surface area contributed by atoms with Gasteiger partial charge >= 0.3 is 5.97 Å². The standard InChI is InChI=1S/C25H50O10/c1-3-4-5-6-7-8-25(26)35-24-23-34-22-21-33-20-19-32-18-17-31-16-15-30-14-13-29-12-11-28-10-9-27-2/h3-24H2,1-2H3. The van der Waals surface area contributed by atoms with Crippen molar-refractivity contribution in [1.29, 1.82) is 0 Å². The van der Waals surface area contributed by atoms with E-state index >= 15 is 0 Å². The number of esters is 1. The summed E-state index contributed by atoms with van der Waals surface area (Å²) in [6, 6.07) is 0. The lowest BCUT2D eigenvalue weighted by Crippen LogP contribution is -2.15. The molecule has 0 saturated heterocycles. The lowest BCUT2D eigenvalue weighted by Gasteiger charge is -2.08. The molecule has 210 valence electrons. The maximum Gasteiger partial charge on any atom is 0.305 e. The van der Waals surface area contributed by atoms with Gasteiger partial charge in [-0.3, -0.25) is 4.79 Å². The minimum atomic E-state index is -0.142. The van der Waals surface area contributed by atoms with Crippen molar-refractivity contribution >= 4 is 5.97 Å². The molecule has 0 saturated carbocycles. The van der Waals surface area contributed by atoms with Gasteiger partial charge in [-0.1, -0.05) is 32.6 Å². The van der Waals surface area contributed by atoms with Crippen LogP contribution in [-0.4, -0.2) is 119 Å². The van der Waals surface area contributed by atoms with Crippen molar-refractivity contribution in [1.82, 2.24) is 0 Å². The summed E-state index contributed by atoms with van der Waals surface area (Å²) in [6.07, 6.45) is 6.11. The summed E-state index contributed by atoms with van der Waals surface area (Å²) in [6.45, 7) is 10.2. The molecule has 0 aromatic carbocycles. The van der Waals surface area contributed by atoms with Crippen molar-refractivity contribution in [3.05, 3.63) is 0 Å². The normalized spacial score (nSPS) is 11.3. The molecule has 0 bridgehead atoms.